The minimum atomic E-state index is -2.47. The van der Waals surface area contributed by atoms with Crippen molar-refractivity contribution in [3.63, 3.8) is 0 Å². The number of benzene rings is 1. The topological polar surface area (TPSA) is 0 Å². The molecule has 0 spiro atoms. The Bertz CT molecular complexity index is 342. The van der Waals surface area contributed by atoms with Crippen LogP contribution in [0.5, 0.6) is 0 Å². The number of hydrogen-bond donors (Lipinski definition) is 0. The van der Waals surface area contributed by atoms with Crippen LogP contribution in [-0.4, -0.2) is 5.92 Å². The van der Waals surface area contributed by atoms with E-state index in [0.717, 1.165) is 16.7 Å². The minimum Gasteiger partial charge on any atom is -0.207 e. The lowest BCUT2D eigenvalue weighted by Gasteiger charge is -2.11. The fraction of sp³-hybridized carbons (Fsp3) is 0.500. The van der Waals surface area contributed by atoms with E-state index in [2.05, 4.69) is 0 Å². The molecule has 0 amide bonds. The number of halogens is 2. The van der Waals surface area contributed by atoms with E-state index < -0.39 is 5.92 Å². The van der Waals surface area contributed by atoms with Crippen molar-refractivity contribution in [2.75, 3.05) is 0 Å². The van der Waals surface area contributed by atoms with Crippen molar-refractivity contribution in [1.29, 1.82) is 0 Å². The van der Waals surface area contributed by atoms with Gasteiger partial charge in [0.15, 0.2) is 0 Å². The van der Waals surface area contributed by atoms with Gasteiger partial charge in [0.05, 0.1) is 0 Å². The molecule has 2 rings (SSSR count). The number of fused-ring (bicyclic) bond motifs is 1. The van der Waals surface area contributed by atoms with E-state index in [0.29, 0.717) is 12.8 Å². The van der Waals surface area contributed by atoms with Crippen LogP contribution < -0.4 is 0 Å². The quantitative estimate of drug-likeness (QED) is 0.557. The number of rotatable bonds is 0. The summed E-state index contributed by atoms with van der Waals surface area (Å²) in [4.78, 5) is 0. The molecule has 0 nitrogen and oxygen atoms in total. The van der Waals surface area contributed by atoms with Crippen molar-refractivity contribution in [3.05, 3.63) is 34.9 Å². The maximum Gasteiger partial charge on any atom is 0.248 e. The third-order valence-corrected chi connectivity index (χ3v) is 2.88. The average Bonchev–Trinajstić information content (AvgIpc) is 2.26. The predicted octanol–water partition coefficient (Wildman–Crippen LogP) is 3.51. The van der Waals surface area contributed by atoms with Gasteiger partial charge in [-0.05, 0) is 30.9 Å². The molecule has 1 aromatic carbocycles. The molecule has 14 heavy (non-hydrogen) atoms. The smallest absolute Gasteiger partial charge is 0.207 e. The molecule has 0 radical (unpaired) electrons. The van der Waals surface area contributed by atoms with E-state index in [9.17, 15) is 8.78 Å². The second-order valence-electron chi connectivity index (χ2n) is 4.13. The average molecular weight is 196 g/mol. The van der Waals surface area contributed by atoms with Gasteiger partial charge in [0, 0.05) is 12.8 Å². The molecule has 0 heterocycles. The first-order valence-corrected chi connectivity index (χ1v) is 5.03. The standard InChI is InChI=1S/C12H14F2/c1-9-2-3-10-4-6-12(13,14)7-5-11(10)8-9/h2-3,8H,4-7H2,1H3. The molecule has 0 aromatic heterocycles. The van der Waals surface area contributed by atoms with E-state index in [1.54, 1.807) is 0 Å². The van der Waals surface area contributed by atoms with Crippen molar-refractivity contribution >= 4 is 0 Å². The van der Waals surface area contributed by atoms with Gasteiger partial charge in [-0.15, -0.1) is 0 Å². The highest BCUT2D eigenvalue weighted by Gasteiger charge is 2.30. The second-order valence-corrected chi connectivity index (χ2v) is 4.13. The zero-order chi connectivity index (χ0) is 10.2. The Hall–Kier alpha value is -0.920. The van der Waals surface area contributed by atoms with Crippen molar-refractivity contribution in [2.45, 2.75) is 38.5 Å². The summed E-state index contributed by atoms with van der Waals surface area (Å²) >= 11 is 0. The molecule has 0 bridgehead atoms. The van der Waals surface area contributed by atoms with Crippen LogP contribution in [0.2, 0.25) is 0 Å². The summed E-state index contributed by atoms with van der Waals surface area (Å²) in [5, 5.41) is 0. The van der Waals surface area contributed by atoms with Gasteiger partial charge < -0.3 is 0 Å². The highest BCUT2D eigenvalue weighted by atomic mass is 19.3. The van der Waals surface area contributed by atoms with Gasteiger partial charge in [-0.2, -0.15) is 0 Å². The summed E-state index contributed by atoms with van der Waals surface area (Å²) in [6.45, 7) is 2.00. The Morgan fingerprint density at radius 3 is 2.43 bits per heavy atom. The summed E-state index contributed by atoms with van der Waals surface area (Å²) < 4.78 is 26.3. The first-order valence-electron chi connectivity index (χ1n) is 5.03. The number of aryl methyl sites for hydroxylation is 3. The molecule has 1 aliphatic rings. The molecule has 2 heteroatoms. The molecular formula is C12H14F2. The maximum absolute atomic E-state index is 13.1. The summed E-state index contributed by atoms with van der Waals surface area (Å²) in [7, 11) is 0. The first-order chi connectivity index (χ1) is 6.57. The minimum absolute atomic E-state index is 0.00304. The van der Waals surface area contributed by atoms with E-state index in [1.807, 2.05) is 25.1 Å². The normalized spacial score (nSPS) is 19.9. The zero-order valence-corrected chi connectivity index (χ0v) is 8.32. The first kappa shape index (κ1) is 9.63. The number of hydrogen-bond acceptors (Lipinski definition) is 0. The lowest BCUT2D eigenvalue weighted by molar-refractivity contribution is -0.0130. The van der Waals surface area contributed by atoms with Crippen LogP contribution in [0.1, 0.15) is 29.5 Å². The van der Waals surface area contributed by atoms with Gasteiger partial charge in [0.2, 0.25) is 5.92 Å². The fourth-order valence-electron chi connectivity index (χ4n) is 1.99. The summed E-state index contributed by atoms with van der Waals surface area (Å²) in [5.41, 5.74) is 3.38. The molecule has 0 fully saturated rings. The Balaban J connectivity index is 2.30. The third kappa shape index (κ3) is 1.94. The summed E-state index contributed by atoms with van der Waals surface area (Å²) in [6.07, 6.45) is 1.04. The SMILES string of the molecule is Cc1ccc2c(c1)CCC(F)(F)CC2. The van der Waals surface area contributed by atoms with Gasteiger partial charge in [0.25, 0.3) is 0 Å². The molecule has 76 valence electrons. The highest BCUT2D eigenvalue weighted by Crippen LogP contribution is 2.32. The molecule has 0 aliphatic heterocycles. The monoisotopic (exact) mass is 196 g/mol. The molecular weight excluding hydrogens is 182 g/mol. The molecule has 1 aromatic rings. The summed E-state index contributed by atoms with van der Waals surface area (Å²) in [6, 6.07) is 6.03. The number of alkyl halides is 2. The molecule has 0 unspecified atom stereocenters. The van der Waals surface area contributed by atoms with Crippen LogP contribution in [0, 0.1) is 6.92 Å². The van der Waals surface area contributed by atoms with Crippen molar-refractivity contribution in [2.24, 2.45) is 0 Å². The van der Waals surface area contributed by atoms with Gasteiger partial charge in [-0.25, -0.2) is 8.78 Å². The third-order valence-electron chi connectivity index (χ3n) is 2.88. The van der Waals surface area contributed by atoms with E-state index in [4.69, 9.17) is 0 Å². The Morgan fingerprint density at radius 2 is 1.71 bits per heavy atom. The molecule has 0 saturated heterocycles. The lowest BCUT2D eigenvalue weighted by Crippen LogP contribution is -2.15. The lowest BCUT2D eigenvalue weighted by atomic mass is 10.0. The van der Waals surface area contributed by atoms with Gasteiger partial charge in [-0.1, -0.05) is 23.8 Å². The van der Waals surface area contributed by atoms with Crippen molar-refractivity contribution in [3.8, 4) is 0 Å². The van der Waals surface area contributed by atoms with Crippen LogP contribution in [0.25, 0.3) is 0 Å². The molecule has 0 atom stereocenters. The maximum atomic E-state index is 13.1. The Morgan fingerprint density at radius 1 is 1.07 bits per heavy atom. The predicted molar refractivity (Wildman–Crippen MR) is 52.8 cm³/mol. The molecule has 0 saturated carbocycles. The van der Waals surface area contributed by atoms with Gasteiger partial charge in [-0.3, -0.25) is 0 Å². The Labute approximate surface area is 82.9 Å². The van der Waals surface area contributed by atoms with Crippen molar-refractivity contribution in [1.82, 2.24) is 0 Å². The molecule has 0 N–H and O–H groups in total. The van der Waals surface area contributed by atoms with Crippen LogP contribution in [-0.2, 0) is 12.8 Å². The second kappa shape index (κ2) is 3.34. The highest BCUT2D eigenvalue weighted by molar-refractivity contribution is 5.32. The largest absolute Gasteiger partial charge is 0.248 e. The summed E-state index contributed by atoms with van der Waals surface area (Å²) in [5.74, 6) is -2.47. The van der Waals surface area contributed by atoms with Crippen molar-refractivity contribution < 1.29 is 8.78 Å². The van der Waals surface area contributed by atoms with Crippen LogP contribution >= 0.6 is 0 Å². The van der Waals surface area contributed by atoms with Crippen LogP contribution in [0.3, 0.4) is 0 Å². The van der Waals surface area contributed by atoms with Gasteiger partial charge in [0.1, 0.15) is 0 Å². The van der Waals surface area contributed by atoms with Crippen LogP contribution in [0.4, 0.5) is 8.78 Å². The van der Waals surface area contributed by atoms with E-state index >= 15 is 0 Å². The fourth-order valence-corrected chi connectivity index (χ4v) is 1.99. The Kier molecular flexibility index (Phi) is 2.30. The van der Waals surface area contributed by atoms with E-state index in [1.165, 1.54) is 0 Å². The van der Waals surface area contributed by atoms with E-state index in [-0.39, 0.29) is 12.8 Å². The van der Waals surface area contributed by atoms with Gasteiger partial charge >= 0.3 is 0 Å². The zero-order valence-electron chi connectivity index (χ0n) is 8.32. The van der Waals surface area contributed by atoms with Crippen LogP contribution in [0.15, 0.2) is 18.2 Å². The molecule has 1 aliphatic carbocycles.